The van der Waals surface area contributed by atoms with Gasteiger partial charge in [0.1, 0.15) is 25.4 Å². The van der Waals surface area contributed by atoms with Crippen LogP contribution in [0.25, 0.3) is 0 Å². The number of rotatable bonds is 0. The van der Waals surface area contributed by atoms with Crippen molar-refractivity contribution >= 4 is 0 Å². The van der Waals surface area contributed by atoms with Gasteiger partial charge in [0.15, 0.2) is 11.5 Å². The molecule has 1 heterocycles. The first-order valence-electron chi connectivity index (χ1n) is 4.51. The lowest BCUT2D eigenvalue weighted by Gasteiger charge is -2.20. The molecular formula is C11H8N2O2. The Labute approximate surface area is 87.3 Å². The Morgan fingerprint density at radius 2 is 1.93 bits per heavy atom. The maximum absolute atomic E-state index is 8.93. The summed E-state index contributed by atoms with van der Waals surface area (Å²) in [5, 5.41) is 17.8. The van der Waals surface area contributed by atoms with Crippen molar-refractivity contribution in [3.05, 3.63) is 22.8 Å². The number of benzene rings is 1. The molecule has 0 N–H and O–H groups in total. The van der Waals surface area contributed by atoms with Crippen molar-refractivity contribution in [1.82, 2.24) is 0 Å². The van der Waals surface area contributed by atoms with E-state index in [1.165, 1.54) is 0 Å². The summed E-state index contributed by atoms with van der Waals surface area (Å²) in [6.07, 6.45) is 0. The zero-order chi connectivity index (χ0) is 10.8. The Hall–Kier alpha value is -2.20. The van der Waals surface area contributed by atoms with Gasteiger partial charge in [0.25, 0.3) is 0 Å². The van der Waals surface area contributed by atoms with Crippen LogP contribution in [-0.2, 0) is 0 Å². The zero-order valence-corrected chi connectivity index (χ0v) is 8.20. The lowest BCUT2D eigenvalue weighted by Crippen LogP contribution is -2.17. The number of hydrogen-bond donors (Lipinski definition) is 0. The van der Waals surface area contributed by atoms with E-state index >= 15 is 0 Å². The minimum absolute atomic E-state index is 0.333. The Bertz CT molecular complexity index is 495. The number of nitriles is 2. The quantitative estimate of drug-likeness (QED) is 0.636. The van der Waals surface area contributed by atoms with Crippen molar-refractivity contribution in [3.63, 3.8) is 0 Å². The summed E-state index contributed by atoms with van der Waals surface area (Å²) < 4.78 is 10.8. The Morgan fingerprint density at radius 3 is 2.60 bits per heavy atom. The Morgan fingerprint density at radius 1 is 1.20 bits per heavy atom. The van der Waals surface area contributed by atoms with Crippen LogP contribution in [0.2, 0.25) is 0 Å². The van der Waals surface area contributed by atoms with Crippen molar-refractivity contribution < 1.29 is 9.47 Å². The highest BCUT2D eigenvalue weighted by atomic mass is 16.6. The van der Waals surface area contributed by atoms with Crippen LogP contribution in [0.1, 0.15) is 16.7 Å². The van der Waals surface area contributed by atoms with E-state index in [4.69, 9.17) is 20.0 Å². The predicted molar refractivity (Wildman–Crippen MR) is 51.6 cm³/mol. The minimum atomic E-state index is 0.333. The van der Waals surface area contributed by atoms with E-state index in [0.717, 1.165) is 0 Å². The first-order valence-corrected chi connectivity index (χ1v) is 4.51. The van der Waals surface area contributed by atoms with E-state index in [-0.39, 0.29) is 0 Å². The second kappa shape index (κ2) is 3.51. The van der Waals surface area contributed by atoms with Crippen molar-refractivity contribution in [3.8, 4) is 23.6 Å². The summed E-state index contributed by atoms with van der Waals surface area (Å²) in [5.41, 5.74) is 1.37. The van der Waals surface area contributed by atoms with Crippen molar-refractivity contribution in [1.29, 1.82) is 10.5 Å². The number of fused-ring (bicyclic) bond motifs is 1. The summed E-state index contributed by atoms with van der Waals surface area (Å²) in [6, 6.07) is 5.54. The third-order valence-corrected chi connectivity index (χ3v) is 2.30. The molecule has 4 nitrogen and oxygen atoms in total. The smallest absolute Gasteiger partial charge is 0.165 e. The predicted octanol–water partition coefficient (Wildman–Crippen LogP) is 1.51. The maximum Gasteiger partial charge on any atom is 0.165 e. The third kappa shape index (κ3) is 1.37. The molecule has 0 unspecified atom stereocenters. The Kier molecular flexibility index (Phi) is 2.19. The molecule has 0 fully saturated rings. The summed E-state index contributed by atoms with van der Waals surface area (Å²) in [7, 11) is 0. The molecule has 74 valence electrons. The molecule has 1 aromatic rings. The standard InChI is InChI=1S/C11H8N2O2/c1-7-9(6-13)8(5-12)4-10-11(7)15-3-2-14-10/h4H,2-3H2,1H3. The van der Waals surface area contributed by atoms with Crippen LogP contribution in [0.3, 0.4) is 0 Å². The molecule has 0 bridgehead atoms. The number of hydrogen-bond acceptors (Lipinski definition) is 4. The Balaban J connectivity index is 2.70. The van der Waals surface area contributed by atoms with Gasteiger partial charge in [0, 0.05) is 11.6 Å². The average molecular weight is 200 g/mol. The van der Waals surface area contributed by atoms with Gasteiger partial charge in [0.05, 0.1) is 11.1 Å². The molecule has 4 heteroatoms. The minimum Gasteiger partial charge on any atom is -0.486 e. The fraction of sp³-hybridized carbons (Fsp3) is 0.273. The van der Waals surface area contributed by atoms with Gasteiger partial charge >= 0.3 is 0 Å². The molecule has 0 radical (unpaired) electrons. The second-order valence-corrected chi connectivity index (χ2v) is 3.17. The molecular weight excluding hydrogens is 192 g/mol. The van der Waals surface area contributed by atoms with E-state index in [1.807, 2.05) is 12.1 Å². The largest absolute Gasteiger partial charge is 0.486 e. The van der Waals surface area contributed by atoms with Crippen LogP contribution in [0.15, 0.2) is 6.07 Å². The van der Waals surface area contributed by atoms with Gasteiger partial charge in [-0.25, -0.2) is 0 Å². The highest BCUT2D eigenvalue weighted by Crippen LogP contribution is 2.36. The lowest BCUT2D eigenvalue weighted by atomic mass is 10.0. The summed E-state index contributed by atoms with van der Waals surface area (Å²) in [4.78, 5) is 0. The number of ether oxygens (including phenoxy) is 2. The molecule has 1 aliphatic rings. The van der Waals surface area contributed by atoms with E-state index < -0.39 is 0 Å². The molecule has 1 aliphatic heterocycles. The normalized spacial score (nSPS) is 12.7. The number of nitrogens with zero attached hydrogens (tertiary/aromatic N) is 2. The fourth-order valence-corrected chi connectivity index (χ4v) is 1.58. The highest BCUT2D eigenvalue weighted by molar-refractivity contribution is 5.61. The van der Waals surface area contributed by atoms with E-state index in [9.17, 15) is 0 Å². The second-order valence-electron chi connectivity index (χ2n) is 3.17. The first kappa shape index (κ1) is 9.36. The molecule has 0 aromatic heterocycles. The van der Waals surface area contributed by atoms with E-state index in [2.05, 4.69) is 0 Å². The molecule has 0 saturated heterocycles. The van der Waals surface area contributed by atoms with Gasteiger partial charge in [-0.1, -0.05) is 0 Å². The van der Waals surface area contributed by atoms with Crippen LogP contribution < -0.4 is 9.47 Å². The molecule has 0 spiro atoms. The van der Waals surface area contributed by atoms with E-state index in [0.29, 0.717) is 41.4 Å². The molecule has 0 saturated carbocycles. The van der Waals surface area contributed by atoms with Gasteiger partial charge in [-0.3, -0.25) is 0 Å². The van der Waals surface area contributed by atoms with Crippen LogP contribution >= 0.6 is 0 Å². The van der Waals surface area contributed by atoms with Gasteiger partial charge < -0.3 is 9.47 Å². The molecule has 2 rings (SSSR count). The van der Waals surface area contributed by atoms with Crippen molar-refractivity contribution in [2.75, 3.05) is 13.2 Å². The lowest BCUT2D eigenvalue weighted by molar-refractivity contribution is 0.170. The first-order chi connectivity index (χ1) is 7.27. The van der Waals surface area contributed by atoms with Crippen molar-refractivity contribution in [2.45, 2.75) is 6.92 Å². The maximum atomic E-state index is 8.93. The van der Waals surface area contributed by atoms with Crippen LogP contribution in [0, 0.1) is 29.6 Å². The molecule has 15 heavy (non-hydrogen) atoms. The SMILES string of the molecule is Cc1c(C#N)c(C#N)cc2c1OCCO2. The molecule has 0 amide bonds. The summed E-state index contributed by atoms with van der Waals surface area (Å²) in [5.74, 6) is 1.13. The zero-order valence-electron chi connectivity index (χ0n) is 8.20. The van der Waals surface area contributed by atoms with Crippen LogP contribution in [-0.4, -0.2) is 13.2 Å². The van der Waals surface area contributed by atoms with Crippen LogP contribution in [0.4, 0.5) is 0 Å². The molecule has 0 aliphatic carbocycles. The molecule has 1 aromatic carbocycles. The highest BCUT2D eigenvalue weighted by Gasteiger charge is 2.20. The fourth-order valence-electron chi connectivity index (χ4n) is 1.58. The van der Waals surface area contributed by atoms with E-state index in [1.54, 1.807) is 13.0 Å². The summed E-state index contributed by atoms with van der Waals surface area (Å²) >= 11 is 0. The van der Waals surface area contributed by atoms with Gasteiger partial charge in [-0.2, -0.15) is 10.5 Å². The van der Waals surface area contributed by atoms with Gasteiger partial charge in [-0.05, 0) is 6.92 Å². The van der Waals surface area contributed by atoms with Crippen molar-refractivity contribution in [2.24, 2.45) is 0 Å². The monoisotopic (exact) mass is 200 g/mol. The average Bonchev–Trinajstić information content (AvgIpc) is 2.29. The topological polar surface area (TPSA) is 66.0 Å². The summed E-state index contributed by atoms with van der Waals surface area (Å²) in [6.45, 7) is 2.71. The van der Waals surface area contributed by atoms with Crippen LogP contribution in [0.5, 0.6) is 11.5 Å². The third-order valence-electron chi connectivity index (χ3n) is 2.30. The van der Waals surface area contributed by atoms with Gasteiger partial charge in [-0.15, -0.1) is 0 Å². The van der Waals surface area contributed by atoms with Gasteiger partial charge in [0.2, 0.25) is 0 Å². The molecule has 0 atom stereocenters.